The normalized spacial score (nSPS) is 27.6. The van der Waals surface area contributed by atoms with Crippen LogP contribution < -0.4 is 10.1 Å². The Morgan fingerprint density at radius 2 is 2.18 bits per heavy atom. The predicted octanol–water partition coefficient (Wildman–Crippen LogP) is 1.89. The molecular formula is C13H18FNO2. The fourth-order valence-corrected chi connectivity index (χ4v) is 2.12. The Morgan fingerprint density at radius 3 is 2.76 bits per heavy atom. The van der Waals surface area contributed by atoms with Crippen molar-refractivity contribution in [1.29, 1.82) is 0 Å². The average molecular weight is 239 g/mol. The Kier molecular flexibility index (Phi) is 3.64. The third kappa shape index (κ3) is 2.42. The van der Waals surface area contributed by atoms with Gasteiger partial charge in [0.1, 0.15) is 23.8 Å². The Hall–Kier alpha value is -1.13. The van der Waals surface area contributed by atoms with Gasteiger partial charge in [0.15, 0.2) is 0 Å². The van der Waals surface area contributed by atoms with Crippen molar-refractivity contribution in [2.75, 3.05) is 14.2 Å². The summed E-state index contributed by atoms with van der Waals surface area (Å²) in [7, 11) is 3.57. The number of hydrogen-bond donors (Lipinski definition) is 1. The number of hydrogen-bond acceptors (Lipinski definition) is 3. The lowest BCUT2D eigenvalue weighted by molar-refractivity contribution is -0.0870. The molecule has 0 heterocycles. The van der Waals surface area contributed by atoms with Gasteiger partial charge in [-0.1, -0.05) is 6.07 Å². The molecule has 0 aromatic heterocycles. The Balaban J connectivity index is 2.00. The second kappa shape index (κ2) is 5.02. The lowest BCUT2D eigenvalue weighted by Crippen LogP contribution is -2.60. The first kappa shape index (κ1) is 12.3. The maximum atomic E-state index is 13.3. The van der Waals surface area contributed by atoms with Gasteiger partial charge in [0.05, 0.1) is 0 Å². The molecule has 0 amide bonds. The lowest BCUT2D eigenvalue weighted by atomic mass is 9.85. The third-order valence-electron chi connectivity index (χ3n) is 3.32. The molecule has 1 fully saturated rings. The van der Waals surface area contributed by atoms with Gasteiger partial charge in [0, 0.05) is 25.6 Å². The van der Waals surface area contributed by atoms with Crippen LogP contribution in [0, 0.1) is 12.7 Å². The summed E-state index contributed by atoms with van der Waals surface area (Å²) < 4.78 is 24.4. The number of rotatable bonds is 4. The molecule has 3 unspecified atom stereocenters. The SMILES string of the molecule is CNC1CC(Oc2ccc(C)c(F)c2)C1OC. The van der Waals surface area contributed by atoms with E-state index in [0.29, 0.717) is 17.4 Å². The first-order valence-corrected chi connectivity index (χ1v) is 5.78. The number of halogens is 1. The van der Waals surface area contributed by atoms with Crippen molar-refractivity contribution >= 4 is 0 Å². The number of benzene rings is 1. The molecule has 94 valence electrons. The molecule has 0 spiro atoms. The highest BCUT2D eigenvalue weighted by atomic mass is 19.1. The molecule has 3 atom stereocenters. The molecule has 4 heteroatoms. The van der Waals surface area contributed by atoms with Crippen LogP contribution in [0.3, 0.4) is 0 Å². The second-order valence-corrected chi connectivity index (χ2v) is 4.40. The van der Waals surface area contributed by atoms with Gasteiger partial charge in [0.2, 0.25) is 0 Å². The van der Waals surface area contributed by atoms with E-state index in [-0.39, 0.29) is 18.0 Å². The van der Waals surface area contributed by atoms with Gasteiger partial charge < -0.3 is 14.8 Å². The summed E-state index contributed by atoms with van der Waals surface area (Å²) >= 11 is 0. The van der Waals surface area contributed by atoms with E-state index in [1.54, 1.807) is 26.2 Å². The van der Waals surface area contributed by atoms with E-state index in [1.165, 1.54) is 6.07 Å². The van der Waals surface area contributed by atoms with Gasteiger partial charge in [-0.25, -0.2) is 4.39 Å². The lowest BCUT2D eigenvalue weighted by Gasteiger charge is -2.42. The molecule has 1 aliphatic carbocycles. The monoisotopic (exact) mass is 239 g/mol. The van der Waals surface area contributed by atoms with Gasteiger partial charge in [-0.3, -0.25) is 0 Å². The van der Waals surface area contributed by atoms with Crippen molar-refractivity contribution in [3.63, 3.8) is 0 Å². The van der Waals surface area contributed by atoms with Crippen LogP contribution in [0.5, 0.6) is 5.75 Å². The highest BCUT2D eigenvalue weighted by Gasteiger charge is 2.42. The van der Waals surface area contributed by atoms with Crippen molar-refractivity contribution in [2.24, 2.45) is 0 Å². The van der Waals surface area contributed by atoms with E-state index in [2.05, 4.69) is 5.32 Å². The topological polar surface area (TPSA) is 30.5 Å². The van der Waals surface area contributed by atoms with Crippen LogP contribution in [0.15, 0.2) is 18.2 Å². The largest absolute Gasteiger partial charge is 0.487 e. The molecule has 0 bridgehead atoms. The Bertz CT molecular complexity index is 397. The van der Waals surface area contributed by atoms with E-state index in [4.69, 9.17) is 9.47 Å². The van der Waals surface area contributed by atoms with Gasteiger partial charge >= 0.3 is 0 Å². The van der Waals surface area contributed by atoms with E-state index in [0.717, 1.165) is 6.42 Å². The van der Waals surface area contributed by atoms with Crippen LogP contribution in [0.25, 0.3) is 0 Å². The van der Waals surface area contributed by atoms with Gasteiger partial charge in [0.25, 0.3) is 0 Å². The Labute approximate surface area is 101 Å². The molecule has 0 radical (unpaired) electrons. The molecule has 1 aromatic rings. The molecule has 3 nitrogen and oxygen atoms in total. The summed E-state index contributed by atoms with van der Waals surface area (Å²) in [6, 6.07) is 5.26. The summed E-state index contributed by atoms with van der Waals surface area (Å²) in [4.78, 5) is 0. The maximum absolute atomic E-state index is 13.3. The molecule has 1 saturated carbocycles. The maximum Gasteiger partial charge on any atom is 0.129 e. The Morgan fingerprint density at radius 1 is 1.41 bits per heavy atom. The number of aryl methyl sites for hydroxylation is 1. The zero-order valence-corrected chi connectivity index (χ0v) is 10.4. The molecule has 1 N–H and O–H groups in total. The van der Waals surface area contributed by atoms with Gasteiger partial charge in [-0.05, 0) is 25.6 Å². The highest BCUT2D eigenvalue weighted by molar-refractivity contribution is 5.28. The second-order valence-electron chi connectivity index (χ2n) is 4.40. The minimum atomic E-state index is -0.235. The molecule has 0 saturated heterocycles. The minimum absolute atomic E-state index is 0.000411. The van der Waals surface area contributed by atoms with Crippen molar-refractivity contribution < 1.29 is 13.9 Å². The summed E-state index contributed by atoms with van der Waals surface area (Å²) in [5.41, 5.74) is 0.627. The van der Waals surface area contributed by atoms with Gasteiger partial charge in [-0.15, -0.1) is 0 Å². The molecule has 2 rings (SSSR count). The van der Waals surface area contributed by atoms with E-state index >= 15 is 0 Å². The average Bonchev–Trinajstić information content (AvgIpc) is 2.29. The highest BCUT2D eigenvalue weighted by Crippen LogP contribution is 2.29. The van der Waals surface area contributed by atoms with Crippen LogP contribution in [-0.2, 0) is 4.74 Å². The molecule has 1 aliphatic rings. The van der Waals surface area contributed by atoms with Crippen molar-refractivity contribution in [2.45, 2.75) is 31.6 Å². The number of methoxy groups -OCH3 is 1. The molecule has 0 aliphatic heterocycles. The van der Waals surface area contributed by atoms with Crippen molar-refractivity contribution in [3.05, 3.63) is 29.6 Å². The van der Waals surface area contributed by atoms with E-state index in [9.17, 15) is 4.39 Å². The fourth-order valence-electron chi connectivity index (χ4n) is 2.12. The molecule has 17 heavy (non-hydrogen) atoms. The fraction of sp³-hybridized carbons (Fsp3) is 0.538. The number of ether oxygens (including phenoxy) is 2. The zero-order chi connectivity index (χ0) is 12.4. The van der Waals surface area contributed by atoms with E-state index < -0.39 is 0 Å². The zero-order valence-electron chi connectivity index (χ0n) is 10.4. The van der Waals surface area contributed by atoms with Crippen molar-refractivity contribution in [1.82, 2.24) is 5.32 Å². The summed E-state index contributed by atoms with van der Waals surface area (Å²) in [5, 5.41) is 3.16. The standard InChI is InChI=1S/C13H18FNO2/c1-8-4-5-9(6-10(8)14)17-12-7-11(15-2)13(12)16-3/h4-6,11-13,15H,7H2,1-3H3. The van der Waals surface area contributed by atoms with Crippen molar-refractivity contribution in [3.8, 4) is 5.75 Å². The first-order valence-electron chi connectivity index (χ1n) is 5.78. The summed E-state index contributed by atoms with van der Waals surface area (Å²) in [6.07, 6.45) is 0.911. The van der Waals surface area contributed by atoms with Crippen LogP contribution in [0.4, 0.5) is 4.39 Å². The van der Waals surface area contributed by atoms with Crippen LogP contribution in [-0.4, -0.2) is 32.4 Å². The smallest absolute Gasteiger partial charge is 0.129 e. The van der Waals surface area contributed by atoms with Crippen LogP contribution >= 0.6 is 0 Å². The summed E-state index contributed by atoms with van der Waals surface area (Å²) in [5.74, 6) is 0.329. The molecule has 1 aromatic carbocycles. The quantitative estimate of drug-likeness (QED) is 0.870. The van der Waals surface area contributed by atoms with E-state index in [1.807, 2.05) is 7.05 Å². The summed E-state index contributed by atoms with van der Waals surface area (Å²) in [6.45, 7) is 1.73. The number of likely N-dealkylation sites (N-methyl/N-ethyl adjacent to an activating group) is 1. The van der Waals surface area contributed by atoms with Crippen LogP contribution in [0.2, 0.25) is 0 Å². The first-order chi connectivity index (χ1) is 8.15. The molecular weight excluding hydrogens is 221 g/mol. The number of nitrogens with one attached hydrogen (secondary N) is 1. The van der Waals surface area contributed by atoms with Gasteiger partial charge in [-0.2, -0.15) is 0 Å². The predicted molar refractivity (Wildman–Crippen MR) is 63.8 cm³/mol. The minimum Gasteiger partial charge on any atom is -0.487 e. The third-order valence-corrected chi connectivity index (χ3v) is 3.32. The van der Waals surface area contributed by atoms with Crippen LogP contribution in [0.1, 0.15) is 12.0 Å².